The number of benzene rings is 4. The Bertz CT molecular complexity index is 1850. The molecule has 10 heteroatoms. The molecule has 4 aromatic carbocycles. The fourth-order valence-corrected chi connectivity index (χ4v) is 7.85. The van der Waals surface area contributed by atoms with Gasteiger partial charge in [-0.05, 0) is 49.9 Å². The summed E-state index contributed by atoms with van der Waals surface area (Å²) in [5, 5.41) is 90.9. The van der Waals surface area contributed by atoms with Gasteiger partial charge < -0.3 is 40.9 Å². The summed E-state index contributed by atoms with van der Waals surface area (Å²) < 4.78 is 0. The van der Waals surface area contributed by atoms with Crippen molar-refractivity contribution in [1.82, 2.24) is 0 Å². The molecule has 8 N–H and O–H groups in total. The van der Waals surface area contributed by atoms with Crippen LogP contribution in [0.3, 0.4) is 0 Å². The van der Waals surface area contributed by atoms with Gasteiger partial charge in [0, 0.05) is 56.3 Å². The van der Waals surface area contributed by atoms with Gasteiger partial charge in [-0.15, -0.1) is 0 Å². The van der Waals surface area contributed by atoms with Crippen molar-refractivity contribution in [3.8, 4) is 68.2 Å². The van der Waals surface area contributed by atoms with Crippen LogP contribution in [0.15, 0.2) is 0 Å². The lowest BCUT2D eigenvalue weighted by molar-refractivity contribution is 0.101. The van der Waals surface area contributed by atoms with E-state index in [-0.39, 0.29) is 89.0 Å². The molecule has 0 atom stereocenters. The van der Waals surface area contributed by atoms with Crippen molar-refractivity contribution in [3.05, 3.63) is 66.8 Å². The van der Waals surface area contributed by atoms with Gasteiger partial charge in [-0.1, -0.05) is 0 Å². The standard InChI is InChI=1S/C32H22O10/c1-5-23(33)15-11-9-10-12-16(15)24(34)6(2)29(39)21(12)32(42)22-14(10)18(26(36)8(4)30(22)40)17-13(9)20(28(38)7(3)25(17)35)31(41)19(11)27(5)37/h9-10,33-40H,1-4H3. The highest BCUT2D eigenvalue weighted by Gasteiger charge is 2.57. The van der Waals surface area contributed by atoms with Crippen LogP contribution in [0.25, 0.3) is 22.3 Å². The van der Waals surface area contributed by atoms with Crippen LogP contribution in [0.5, 0.6) is 46.0 Å². The number of hydrogen-bond acceptors (Lipinski definition) is 10. The second-order valence-corrected chi connectivity index (χ2v) is 11.6. The highest BCUT2D eigenvalue weighted by molar-refractivity contribution is 6.24. The van der Waals surface area contributed by atoms with Crippen molar-refractivity contribution >= 4 is 11.6 Å². The van der Waals surface area contributed by atoms with Crippen molar-refractivity contribution in [1.29, 1.82) is 0 Å². The maximum atomic E-state index is 14.2. The Labute approximate surface area is 236 Å². The Hall–Kier alpha value is -5.38. The first kappa shape index (κ1) is 24.4. The zero-order chi connectivity index (χ0) is 30.2. The van der Waals surface area contributed by atoms with Crippen LogP contribution in [0, 0.1) is 27.7 Å². The van der Waals surface area contributed by atoms with Gasteiger partial charge in [0.2, 0.25) is 11.6 Å². The lowest BCUT2D eigenvalue weighted by Crippen LogP contribution is -2.36. The normalized spacial score (nSPS) is 17.9. The minimum atomic E-state index is -1.07. The molecule has 210 valence electrons. The smallest absolute Gasteiger partial charge is 0.201 e. The largest absolute Gasteiger partial charge is 0.507 e. The van der Waals surface area contributed by atoms with Crippen LogP contribution in [0.4, 0.5) is 0 Å². The molecule has 0 bridgehead atoms. The third kappa shape index (κ3) is 2.16. The molecule has 4 aromatic rings. The van der Waals surface area contributed by atoms with Crippen LogP contribution in [-0.2, 0) is 0 Å². The maximum Gasteiger partial charge on any atom is 0.201 e. The molecular weight excluding hydrogens is 544 g/mol. The molecule has 4 aliphatic rings. The van der Waals surface area contributed by atoms with Gasteiger partial charge in [-0.3, -0.25) is 9.59 Å². The number of phenolic OH excluding ortho intramolecular Hbond substituents is 8. The van der Waals surface area contributed by atoms with E-state index in [1.165, 1.54) is 27.7 Å². The molecule has 0 fully saturated rings. The van der Waals surface area contributed by atoms with E-state index in [0.29, 0.717) is 0 Å². The summed E-state index contributed by atoms with van der Waals surface area (Å²) in [4.78, 5) is 28.4. The average Bonchev–Trinajstić information content (AvgIpc) is 2.95. The molecule has 0 aliphatic heterocycles. The van der Waals surface area contributed by atoms with E-state index in [1.54, 1.807) is 0 Å². The summed E-state index contributed by atoms with van der Waals surface area (Å²) in [6.07, 6.45) is 0. The van der Waals surface area contributed by atoms with E-state index in [2.05, 4.69) is 0 Å². The number of phenols is 8. The van der Waals surface area contributed by atoms with Crippen LogP contribution in [0.2, 0.25) is 0 Å². The molecule has 0 radical (unpaired) electrons. The fraction of sp³-hybridized carbons (Fsp3) is 0.188. The molecule has 0 saturated carbocycles. The summed E-state index contributed by atoms with van der Waals surface area (Å²) in [7, 11) is 0. The molecule has 10 nitrogen and oxygen atoms in total. The monoisotopic (exact) mass is 566 g/mol. The van der Waals surface area contributed by atoms with Gasteiger partial charge in [0.05, 0.1) is 22.3 Å². The van der Waals surface area contributed by atoms with Crippen molar-refractivity contribution in [2.24, 2.45) is 0 Å². The lowest BCUT2D eigenvalue weighted by Gasteiger charge is -2.48. The molecule has 0 amide bonds. The molecule has 0 heterocycles. The minimum absolute atomic E-state index is 0.0387. The number of ketones is 2. The highest BCUT2D eigenvalue weighted by Crippen LogP contribution is 2.72. The van der Waals surface area contributed by atoms with E-state index in [1.807, 2.05) is 0 Å². The Balaban J connectivity index is 1.76. The van der Waals surface area contributed by atoms with E-state index in [0.717, 1.165) is 0 Å². The molecular formula is C32H22O10. The van der Waals surface area contributed by atoms with Crippen molar-refractivity contribution in [3.63, 3.8) is 0 Å². The highest BCUT2D eigenvalue weighted by atomic mass is 16.3. The molecule has 0 saturated heterocycles. The Kier molecular flexibility index (Phi) is 4.02. The zero-order valence-corrected chi connectivity index (χ0v) is 22.5. The summed E-state index contributed by atoms with van der Waals surface area (Å²) >= 11 is 0. The van der Waals surface area contributed by atoms with Gasteiger partial charge >= 0.3 is 0 Å². The van der Waals surface area contributed by atoms with Crippen molar-refractivity contribution in [2.75, 3.05) is 0 Å². The van der Waals surface area contributed by atoms with Crippen LogP contribution < -0.4 is 0 Å². The quantitative estimate of drug-likeness (QED) is 0.131. The Morgan fingerprint density at radius 3 is 0.690 bits per heavy atom. The first-order valence-electron chi connectivity index (χ1n) is 13.2. The van der Waals surface area contributed by atoms with E-state index >= 15 is 0 Å². The van der Waals surface area contributed by atoms with Crippen LogP contribution in [0.1, 0.15) is 88.2 Å². The molecule has 42 heavy (non-hydrogen) atoms. The fourth-order valence-electron chi connectivity index (χ4n) is 7.85. The predicted octanol–water partition coefficient (Wildman–Crippen LogP) is 4.58. The average molecular weight is 567 g/mol. The molecule has 0 spiro atoms. The van der Waals surface area contributed by atoms with Gasteiger partial charge in [-0.25, -0.2) is 0 Å². The van der Waals surface area contributed by atoms with Gasteiger partial charge in [0.15, 0.2) is 0 Å². The summed E-state index contributed by atoms with van der Waals surface area (Å²) in [6.45, 7) is 5.49. The minimum Gasteiger partial charge on any atom is -0.507 e. The van der Waals surface area contributed by atoms with Gasteiger partial charge in [0.25, 0.3) is 0 Å². The summed E-state index contributed by atoms with van der Waals surface area (Å²) in [6, 6.07) is 0. The number of carbonyl (C=O) groups excluding carboxylic acids is 2. The van der Waals surface area contributed by atoms with Crippen molar-refractivity contribution < 1.29 is 50.4 Å². The lowest BCUT2D eigenvalue weighted by atomic mass is 9.53. The third-order valence-corrected chi connectivity index (χ3v) is 9.88. The first-order valence-corrected chi connectivity index (χ1v) is 13.2. The Morgan fingerprint density at radius 1 is 0.333 bits per heavy atom. The molecule has 8 rings (SSSR count). The van der Waals surface area contributed by atoms with Crippen LogP contribution in [-0.4, -0.2) is 52.4 Å². The number of hydrogen-bond donors (Lipinski definition) is 8. The Morgan fingerprint density at radius 2 is 0.500 bits per heavy atom. The number of carbonyl (C=O) groups is 2. The van der Waals surface area contributed by atoms with E-state index in [9.17, 15) is 50.4 Å². The third-order valence-electron chi connectivity index (χ3n) is 9.88. The molecule has 0 aromatic heterocycles. The van der Waals surface area contributed by atoms with Crippen molar-refractivity contribution in [2.45, 2.75) is 39.5 Å². The number of rotatable bonds is 0. The van der Waals surface area contributed by atoms with E-state index in [4.69, 9.17) is 0 Å². The second kappa shape index (κ2) is 6.91. The summed E-state index contributed by atoms with van der Waals surface area (Å²) in [5.41, 5.74) is -1.07. The van der Waals surface area contributed by atoms with E-state index < -0.39 is 69.4 Å². The van der Waals surface area contributed by atoms with Gasteiger partial charge in [0.1, 0.15) is 46.0 Å². The molecule has 0 unspecified atom stereocenters. The zero-order valence-electron chi connectivity index (χ0n) is 22.5. The first-order chi connectivity index (χ1) is 19.7. The number of fused-ring (bicyclic) bond motifs is 2. The van der Waals surface area contributed by atoms with Crippen LogP contribution >= 0.6 is 0 Å². The predicted molar refractivity (Wildman–Crippen MR) is 147 cm³/mol. The van der Waals surface area contributed by atoms with Gasteiger partial charge in [-0.2, -0.15) is 0 Å². The number of aromatic hydroxyl groups is 8. The maximum absolute atomic E-state index is 14.2. The topological polar surface area (TPSA) is 196 Å². The molecule has 4 aliphatic carbocycles. The summed E-state index contributed by atoms with van der Waals surface area (Å²) in [5.74, 6) is -7.78. The SMILES string of the molecule is Cc1c(O)c2c3c(c1O)-c1c(O)c(C)c(O)c4c1C1c5c(c(O)c(C)c(O)c5-c5c(O)c(C)c(O)c(c5C31)C2=O)C4=O. The second-order valence-electron chi connectivity index (χ2n) is 11.6.